The van der Waals surface area contributed by atoms with E-state index in [1.807, 2.05) is 49.4 Å². The third kappa shape index (κ3) is 5.91. The Labute approximate surface area is 222 Å². The molecule has 1 aliphatic heterocycles. The number of hydrogen-bond acceptors (Lipinski definition) is 5. The molecule has 0 amide bonds. The highest BCUT2D eigenvalue weighted by atomic mass is 19.3. The number of hydrogen-bond donors (Lipinski definition) is 0. The van der Waals surface area contributed by atoms with Gasteiger partial charge in [0.25, 0.3) is 6.43 Å². The molecule has 0 spiro atoms. The van der Waals surface area contributed by atoms with E-state index in [1.54, 1.807) is 17.1 Å². The molecule has 202 valence electrons. The summed E-state index contributed by atoms with van der Waals surface area (Å²) in [6.07, 6.45) is -0.125. The quantitative estimate of drug-likeness (QED) is 0.249. The molecule has 0 radical (unpaired) electrons. The summed E-state index contributed by atoms with van der Waals surface area (Å²) in [4.78, 5) is 23.3. The second kappa shape index (κ2) is 11.5. The number of Topliss-reactive ketones (excluding diaryl/α,β-unsaturated/α-hetero) is 1. The summed E-state index contributed by atoms with van der Waals surface area (Å²) >= 11 is 0. The van der Waals surface area contributed by atoms with Crippen molar-refractivity contribution >= 4 is 5.78 Å². The molecule has 2 aromatic carbocycles. The predicted molar refractivity (Wildman–Crippen MR) is 136 cm³/mol. The molecule has 2 atom stereocenters. The van der Waals surface area contributed by atoms with Crippen LogP contribution in [-0.4, -0.2) is 45.1 Å². The van der Waals surface area contributed by atoms with Gasteiger partial charge in [-0.1, -0.05) is 24.3 Å². The number of hydroxylamine groups is 2. The average molecular weight is 539 g/mol. The molecule has 0 N–H and O–H groups in total. The van der Waals surface area contributed by atoms with Crippen LogP contribution in [0.15, 0.2) is 73.1 Å². The van der Waals surface area contributed by atoms with Crippen LogP contribution < -0.4 is 0 Å². The van der Waals surface area contributed by atoms with Crippen molar-refractivity contribution in [1.82, 2.24) is 19.8 Å². The van der Waals surface area contributed by atoms with Crippen molar-refractivity contribution < 1.29 is 27.2 Å². The van der Waals surface area contributed by atoms with Crippen LogP contribution in [0.5, 0.6) is 0 Å². The first-order valence-electron chi connectivity index (χ1n) is 12.5. The number of pyridine rings is 1. The number of benzene rings is 2. The number of para-hydroxylation sites is 1. The van der Waals surface area contributed by atoms with Gasteiger partial charge in [0, 0.05) is 43.3 Å². The average Bonchev–Trinajstić information content (AvgIpc) is 3.46. The van der Waals surface area contributed by atoms with Crippen molar-refractivity contribution in [3.05, 3.63) is 102 Å². The molecule has 0 saturated carbocycles. The molecule has 0 bridgehead atoms. The van der Waals surface area contributed by atoms with E-state index >= 15 is 0 Å². The molecule has 3 heterocycles. The zero-order chi connectivity index (χ0) is 27.5. The van der Waals surface area contributed by atoms with Crippen molar-refractivity contribution in [2.45, 2.75) is 32.3 Å². The van der Waals surface area contributed by atoms with E-state index in [4.69, 9.17) is 9.94 Å². The fourth-order valence-corrected chi connectivity index (χ4v) is 4.96. The Hall–Kier alpha value is -3.89. The molecule has 10 heteroatoms. The fourth-order valence-electron chi connectivity index (χ4n) is 4.96. The Morgan fingerprint density at radius 2 is 1.87 bits per heavy atom. The van der Waals surface area contributed by atoms with E-state index in [2.05, 4.69) is 4.98 Å². The molecule has 4 aromatic rings. The lowest BCUT2D eigenvalue weighted by Gasteiger charge is -2.18. The topological polar surface area (TPSA) is 60.2 Å². The van der Waals surface area contributed by atoms with Crippen LogP contribution in [0.4, 0.5) is 17.6 Å². The van der Waals surface area contributed by atoms with Crippen molar-refractivity contribution in [2.24, 2.45) is 5.92 Å². The number of halogens is 4. The first-order valence-corrected chi connectivity index (χ1v) is 12.5. The van der Waals surface area contributed by atoms with Gasteiger partial charge in [-0.25, -0.2) is 22.2 Å². The minimum Gasteiger partial charge on any atom is -0.299 e. The number of aromatic nitrogens is 3. The lowest BCUT2D eigenvalue weighted by atomic mass is 9.90. The Morgan fingerprint density at radius 1 is 1.08 bits per heavy atom. The van der Waals surface area contributed by atoms with Crippen LogP contribution in [-0.2, 0) is 16.1 Å². The van der Waals surface area contributed by atoms with Crippen LogP contribution in [0.2, 0.25) is 0 Å². The molecule has 6 nitrogen and oxygen atoms in total. The third-order valence-electron chi connectivity index (χ3n) is 6.78. The molecule has 1 saturated heterocycles. The number of alkyl halides is 2. The molecular formula is C29H26F4N4O2. The van der Waals surface area contributed by atoms with Crippen molar-refractivity contribution in [3.63, 3.8) is 0 Å². The largest absolute Gasteiger partial charge is 0.299 e. The Balaban J connectivity index is 1.43. The lowest BCUT2D eigenvalue weighted by molar-refractivity contribution is -0.167. The number of carbonyl (C=O) groups excluding carboxylic acids is 1. The fraction of sp³-hybridized carbons (Fsp3) is 0.276. The SMILES string of the molecule is Cc1c(-c2cccnc2)nn(-c2ccccc2)c1CC(=O)C[C@@H]1CN(CC(F)F)O[C@H]1c1ccc(F)c(F)c1. The van der Waals surface area contributed by atoms with Gasteiger partial charge in [0.05, 0.1) is 23.6 Å². The number of rotatable bonds is 9. The standard InChI is InChI=1S/C29H26F4N4O2/c1-18-26(37(22-7-3-2-4-8-22)35-28(18)20-6-5-11-34-15-20)14-23(38)12-21-16-36(17-27(32)33)39-29(21)19-9-10-24(30)25(31)13-19/h2-11,13,15,21,27,29H,12,14,16-17H2,1H3/t21-,29+/m1/s1. The minimum absolute atomic E-state index is 0.00889. The van der Waals surface area contributed by atoms with Crippen molar-refractivity contribution in [3.8, 4) is 16.9 Å². The van der Waals surface area contributed by atoms with Gasteiger partial charge in [-0.05, 0) is 54.4 Å². The molecule has 2 aromatic heterocycles. The van der Waals surface area contributed by atoms with E-state index in [0.29, 0.717) is 11.4 Å². The van der Waals surface area contributed by atoms with Crippen LogP contribution in [0, 0.1) is 24.5 Å². The van der Waals surface area contributed by atoms with Gasteiger partial charge < -0.3 is 0 Å². The summed E-state index contributed by atoms with van der Waals surface area (Å²) in [5.74, 6) is -2.79. The monoisotopic (exact) mass is 538 g/mol. The zero-order valence-corrected chi connectivity index (χ0v) is 21.1. The van der Waals surface area contributed by atoms with Gasteiger partial charge in [0.15, 0.2) is 11.6 Å². The van der Waals surface area contributed by atoms with Gasteiger partial charge in [-0.2, -0.15) is 10.2 Å². The first kappa shape index (κ1) is 26.7. The summed E-state index contributed by atoms with van der Waals surface area (Å²) < 4.78 is 55.4. The number of nitrogens with zero attached hydrogens (tertiary/aromatic N) is 4. The lowest BCUT2D eigenvalue weighted by Crippen LogP contribution is -2.26. The van der Waals surface area contributed by atoms with E-state index in [0.717, 1.165) is 34.0 Å². The van der Waals surface area contributed by atoms with Crippen LogP contribution in [0.25, 0.3) is 16.9 Å². The number of carbonyl (C=O) groups is 1. The van der Waals surface area contributed by atoms with E-state index < -0.39 is 36.6 Å². The highest BCUT2D eigenvalue weighted by Crippen LogP contribution is 2.37. The molecule has 5 rings (SSSR count). The summed E-state index contributed by atoms with van der Waals surface area (Å²) in [7, 11) is 0. The maximum Gasteiger partial charge on any atom is 0.253 e. The minimum atomic E-state index is -2.65. The van der Waals surface area contributed by atoms with E-state index in [9.17, 15) is 22.4 Å². The maximum atomic E-state index is 14.0. The Morgan fingerprint density at radius 3 is 2.56 bits per heavy atom. The van der Waals surface area contributed by atoms with Gasteiger partial charge in [0.1, 0.15) is 11.9 Å². The smallest absolute Gasteiger partial charge is 0.253 e. The highest BCUT2D eigenvalue weighted by molar-refractivity contribution is 5.82. The first-order chi connectivity index (χ1) is 18.8. The maximum absolute atomic E-state index is 14.0. The molecule has 1 aliphatic rings. The summed E-state index contributed by atoms with van der Waals surface area (Å²) in [6.45, 7) is 1.29. The molecule has 1 fully saturated rings. The molecule has 0 unspecified atom stereocenters. The van der Waals surface area contributed by atoms with Crippen LogP contribution in [0.1, 0.15) is 29.3 Å². The second-order valence-electron chi connectivity index (χ2n) is 9.53. The second-order valence-corrected chi connectivity index (χ2v) is 9.53. The summed E-state index contributed by atoms with van der Waals surface area (Å²) in [5.41, 5.74) is 4.08. The zero-order valence-electron chi connectivity index (χ0n) is 21.1. The Bertz CT molecular complexity index is 1450. The van der Waals surface area contributed by atoms with Gasteiger partial charge in [-0.15, -0.1) is 0 Å². The predicted octanol–water partition coefficient (Wildman–Crippen LogP) is 5.89. The van der Waals surface area contributed by atoms with Crippen LogP contribution in [0.3, 0.4) is 0 Å². The summed E-state index contributed by atoms with van der Waals surface area (Å²) in [6, 6.07) is 16.4. The van der Waals surface area contributed by atoms with E-state index in [1.165, 1.54) is 6.07 Å². The van der Waals surface area contributed by atoms with Gasteiger partial charge >= 0.3 is 0 Å². The van der Waals surface area contributed by atoms with Gasteiger partial charge in [-0.3, -0.25) is 14.6 Å². The normalized spacial score (nSPS) is 17.7. The number of ketones is 1. The Kier molecular flexibility index (Phi) is 7.85. The van der Waals surface area contributed by atoms with Crippen molar-refractivity contribution in [1.29, 1.82) is 0 Å². The summed E-state index contributed by atoms with van der Waals surface area (Å²) in [5, 5.41) is 5.88. The van der Waals surface area contributed by atoms with Crippen LogP contribution >= 0.6 is 0 Å². The van der Waals surface area contributed by atoms with Crippen molar-refractivity contribution in [2.75, 3.05) is 13.1 Å². The molecule has 39 heavy (non-hydrogen) atoms. The molecular weight excluding hydrogens is 512 g/mol. The van der Waals surface area contributed by atoms with Gasteiger partial charge in [0.2, 0.25) is 0 Å². The van der Waals surface area contributed by atoms with E-state index in [-0.39, 0.29) is 30.7 Å². The third-order valence-corrected chi connectivity index (χ3v) is 6.78. The highest BCUT2D eigenvalue weighted by Gasteiger charge is 2.38. The molecule has 0 aliphatic carbocycles.